The number of hydrogen-bond donors (Lipinski definition) is 1. The van der Waals surface area contributed by atoms with Crippen LogP contribution in [0.2, 0.25) is 0 Å². The predicted molar refractivity (Wildman–Crippen MR) is 46.9 cm³/mol. The lowest BCUT2D eigenvalue weighted by Gasteiger charge is -2.17. The van der Waals surface area contributed by atoms with E-state index >= 15 is 0 Å². The monoisotopic (exact) mass is 160 g/mol. The topological polar surface area (TPSA) is 24.5 Å². The standard InChI is InChI=1S/C8H20N2O/c1-4-6-7-8-11-10(5-2)9-3/h9H,4-8H2,1-3H3. The quantitative estimate of drug-likeness (QED) is 0.452. The Morgan fingerprint density at radius 2 is 2.00 bits per heavy atom. The molecule has 0 spiro atoms. The van der Waals surface area contributed by atoms with Crippen molar-refractivity contribution in [1.82, 2.24) is 10.6 Å². The minimum absolute atomic E-state index is 0.822. The molecule has 0 amide bonds. The molecule has 0 unspecified atom stereocenters. The zero-order chi connectivity index (χ0) is 8.53. The summed E-state index contributed by atoms with van der Waals surface area (Å²) in [6.45, 7) is 5.94. The van der Waals surface area contributed by atoms with Crippen LogP contribution in [-0.2, 0) is 4.84 Å². The summed E-state index contributed by atoms with van der Waals surface area (Å²) in [5, 5.41) is 1.75. The maximum absolute atomic E-state index is 5.36. The van der Waals surface area contributed by atoms with Gasteiger partial charge in [-0.25, -0.2) is 5.43 Å². The lowest BCUT2D eigenvalue weighted by Crippen LogP contribution is -2.35. The first-order valence-electron chi connectivity index (χ1n) is 4.43. The van der Waals surface area contributed by atoms with Crippen molar-refractivity contribution < 1.29 is 4.84 Å². The summed E-state index contributed by atoms with van der Waals surface area (Å²) in [6, 6.07) is 0. The van der Waals surface area contributed by atoms with Crippen LogP contribution < -0.4 is 5.43 Å². The van der Waals surface area contributed by atoms with Crippen LogP contribution in [0.1, 0.15) is 33.1 Å². The number of nitrogens with zero attached hydrogens (tertiary/aromatic N) is 1. The Balaban J connectivity index is 3.07. The van der Waals surface area contributed by atoms with Crippen LogP contribution in [0.15, 0.2) is 0 Å². The van der Waals surface area contributed by atoms with E-state index in [4.69, 9.17) is 4.84 Å². The van der Waals surface area contributed by atoms with E-state index in [-0.39, 0.29) is 0 Å². The molecule has 0 aromatic rings. The van der Waals surface area contributed by atoms with E-state index in [1.54, 1.807) is 5.17 Å². The van der Waals surface area contributed by atoms with Gasteiger partial charge in [-0.05, 0) is 13.3 Å². The molecule has 0 rings (SSSR count). The molecule has 0 saturated carbocycles. The van der Waals surface area contributed by atoms with Crippen LogP contribution in [0.25, 0.3) is 0 Å². The fourth-order valence-electron chi connectivity index (χ4n) is 0.841. The third-order valence-electron chi connectivity index (χ3n) is 1.53. The van der Waals surface area contributed by atoms with Gasteiger partial charge in [-0.2, -0.15) is 0 Å². The van der Waals surface area contributed by atoms with Gasteiger partial charge in [0.2, 0.25) is 0 Å². The second-order valence-electron chi connectivity index (χ2n) is 2.46. The van der Waals surface area contributed by atoms with E-state index in [0.29, 0.717) is 0 Å². The van der Waals surface area contributed by atoms with E-state index in [1.807, 2.05) is 7.05 Å². The molecule has 0 atom stereocenters. The van der Waals surface area contributed by atoms with Crippen LogP contribution in [0.4, 0.5) is 0 Å². The smallest absolute Gasteiger partial charge is 0.0701 e. The number of hydroxylamine groups is 1. The first kappa shape index (κ1) is 10.9. The van der Waals surface area contributed by atoms with Crippen molar-refractivity contribution in [2.24, 2.45) is 0 Å². The highest BCUT2D eigenvalue weighted by Gasteiger charge is 1.96. The number of rotatable bonds is 7. The van der Waals surface area contributed by atoms with E-state index < -0.39 is 0 Å². The van der Waals surface area contributed by atoms with Crippen molar-refractivity contribution >= 4 is 0 Å². The zero-order valence-electron chi connectivity index (χ0n) is 7.89. The molecule has 1 N–H and O–H groups in total. The zero-order valence-corrected chi connectivity index (χ0v) is 7.89. The van der Waals surface area contributed by atoms with Crippen LogP contribution in [0, 0.1) is 0 Å². The van der Waals surface area contributed by atoms with Gasteiger partial charge in [-0.1, -0.05) is 19.8 Å². The molecule has 0 saturated heterocycles. The third-order valence-corrected chi connectivity index (χ3v) is 1.53. The molecule has 3 heteroatoms. The fraction of sp³-hybridized carbons (Fsp3) is 1.00. The van der Waals surface area contributed by atoms with Crippen molar-refractivity contribution in [2.75, 3.05) is 20.2 Å². The van der Waals surface area contributed by atoms with Gasteiger partial charge < -0.3 is 0 Å². The van der Waals surface area contributed by atoms with Gasteiger partial charge in [0.1, 0.15) is 0 Å². The normalized spacial score (nSPS) is 10.9. The molecule has 0 aliphatic heterocycles. The van der Waals surface area contributed by atoms with Crippen molar-refractivity contribution in [1.29, 1.82) is 0 Å². The molecule has 0 bridgehead atoms. The lowest BCUT2D eigenvalue weighted by atomic mass is 10.3. The Hall–Kier alpha value is -0.120. The van der Waals surface area contributed by atoms with E-state index in [0.717, 1.165) is 19.6 Å². The Morgan fingerprint density at radius 3 is 2.45 bits per heavy atom. The average molecular weight is 160 g/mol. The Kier molecular flexibility index (Phi) is 7.89. The van der Waals surface area contributed by atoms with Crippen LogP contribution in [-0.4, -0.2) is 25.4 Å². The number of unbranched alkanes of at least 4 members (excludes halogenated alkanes) is 2. The maximum atomic E-state index is 5.36. The Morgan fingerprint density at radius 1 is 1.27 bits per heavy atom. The first-order chi connectivity index (χ1) is 5.35. The van der Waals surface area contributed by atoms with Gasteiger partial charge in [0, 0.05) is 13.6 Å². The van der Waals surface area contributed by atoms with Crippen LogP contribution in [0.3, 0.4) is 0 Å². The SMILES string of the molecule is CCCCCON(CC)NC. The lowest BCUT2D eigenvalue weighted by molar-refractivity contribution is -0.188. The van der Waals surface area contributed by atoms with Crippen LogP contribution in [0.5, 0.6) is 0 Å². The summed E-state index contributed by atoms with van der Waals surface area (Å²) < 4.78 is 0. The van der Waals surface area contributed by atoms with E-state index in [9.17, 15) is 0 Å². The van der Waals surface area contributed by atoms with Crippen molar-refractivity contribution in [3.8, 4) is 0 Å². The van der Waals surface area contributed by atoms with Crippen molar-refractivity contribution in [3.05, 3.63) is 0 Å². The molecule has 68 valence electrons. The molecule has 0 aromatic heterocycles. The van der Waals surface area contributed by atoms with Gasteiger partial charge >= 0.3 is 0 Å². The highest BCUT2D eigenvalue weighted by atomic mass is 16.7. The molecule has 0 aliphatic rings. The predicted octanol–water partition coefficient (Wildman–Crippen LogP) is 1.56. The molecule has 0 fully saturated rings. The summed E-state index contributed by atoms with van der Waals surface area (Å²) in [4.78, 5) is 5.36. The van der Waals surface area contributed by atoms with Crippen molar-refractivity contribution in [3.63, 3.8) is 0 Å². The third kappa shape index (κ3) is 6.28. The van der Waals surface area contributed by atoms with E-state index in [1.165, 1.54) is 12.8 Å². The number of hydrogen-bond acceptors (Lipinski definition) is 3. The van der Waals surface area contributed by atoms with Gasteiger partial charge in [0.15, 0.2) is 0 Å². The molecule has 0 heterocycles. The number of nitrogens with one attached hydrogen (secondary N) is 1. The molecule has 0 aliphatic carbocycles. The summed E-state index contributed by atoms with van der Waals surface area (Å²) in [6.07, 6.45) is 3.64. The summed E-state index contributed by atoms with van der Waals surface area (Å²) >= 11 is 0. The molecular weight excluding hydrogens is 140 g/mol. The number of hydrazine groups is 1. The first-order valence-corrected chi connectivity index (χ1v) is 4.43. The molecule has 11 heavy (non-hydrogen) atoms. The molecule has 0 radical (unpaired) electrons. The van der Waals surface area contributed by atoms with Gasteiger partial charge in [-0.15, -0.1) is 5.17 Å². The maximum Gasteiger partial charge on any atom is 0.0701 e. The van der Waals surface area contributed by atoms with Gasteiger partial charge in [0.05, 0.1) is 6.61 Å². The molecular formula is C8H20N2O. The minimum atomic E-state index is 0.822. The van der Waals surface area contributed by atoms with Crippen LogP contribution >= 0.6 is 0 Å². The summed E-state index contributed by atoms with van der Waals surface area (Å²) in [5.74, 6) is 0. The highest BCUT2D eigenvalue weighted by molar-refractivity contribution is 4.35. The summed E-state index contributed by atoms with van der Waals surface area (Å²) in [5.41, 5.74) is 2.94. The molecule has 3 nitrogen and oxygen atoms in total. The van der Waals surface area contributed by atoms with Gasteiger partial charge in [0.25, 0.3) is 0 Å². The largest absolute Gasteiger partial charge is 0.284 e. The average Bonchev–Trinajstić information content (AvgIpc) is 2.05. The second kappa shape index (κ2) is 7.98. The van der Waals surface area contributed by atoms with Gasteiger partial charge in [-0.3, -0.25) is 4.84 Å². The Labute approximate surface area is 69.6 Å². The molecule has 0 aromatic carbocycles. The Bertz CT molecular complexity index is 74.5. The van der Waals surface area contributed by atoms with E-state index in [2.05, 4.69) is 19.3 Å². The second-order valence-corrected chi connectivity index (χ2v) is 2.46. The van der Waals surface area contributed by atoms with Crippen molar-refractivity contribution in [2.45, 2.75) is 33.1 Å². The highest BCUT2D eigenvalue weighted by Crippen LogP contribution is 1.95. The minimum Gasteiger partial charge on any atom is -0.284 e. The summed E-state index contributed by atoms with van der Waals surface area (Å²) in [7, 11) is 1.86. The fourth-order valence-corrected chi connectivity index (χ4v) is 0.841.